The first-order chi connectivity index (χ1) is 15.8. The quantitative estimate of drug-likeness (QED) is 0.450. The van der Waals surface area contributed by atoms with Gasteiger partial charge in [-0.3, -0.25) is 4.79 Å². The summed E-state index contributed by atoms with van der Waals surface area (Å²) in [6.45, 7) is 13.2. The van der Waals surface area contributed by atoms with Gasteiger partial charge in [0.2, 0.25) is 0 Å². The average molecular weight is 481 g/mol. The number of rotatable bonds is 5. The molecule has 4 fully saturated rings. The second-order valence-electron chi connectivity index (χ2n) is 13.3. The molecule has 0 aromatic heterocycles. The molecule has 0 aromatic carbocycles. The Hall–Kier alpha value is -0.690. The molecule has 6 heteroatoms. The molecule has 4 N–H and O–H groups in total. The van der Waals surface area contributed by atoms with Gasteiger partial charge in [-0.25, -0.2) is 0 Å². The second kappa shape index (κ2) is 9.32. The number of ether oxygens (including phenoxy) is 1. The summed E-state index contributed by atoms with van der Waals surface area (Å²) in [5, 5.41) is 42.9. The van der Waals surface area contributed by atoms with Crippen molar-refractivity contribution in [3.63, 3.8) is 0 Å². The molecule has 34 heavy (non-hydrogen) atoms. The lowest BCUT2D eigenvalue weighted by Gasteiger charge is -2.56. The van der Waals surface area contributed by atoms with E-state index >= 15 is 0 Å². The molecule has 1 saturated heterocycles. The average Bonchev–Trinajstić information content (AvgIpc) is 3.09. The Bertz CT molecular complexity index is 755. The molecule has 0 amide bonds. The molecule has 4 rings (SSSR count). The summed E-state index contributed by atoms with van der Waals surface area (Å²) in [5.74, 6) is 0.948. The molecule has 0 spiro atoms. The predicted molar refractivity (Wildman–Crippen MR) is 130 cm³/mol. The number of esters is 1. The fraction of sp³-hybridized carbons (Fsp3) is 0.964. The fourth-order valence-corrected chi connectivity index (χ4v) is 8.95. The molecule has 3 aliphatic carbocycles. The minimum atomic E-state index is -0.867. The molecule has 13 atom stereocenters. The van der Waals surface area contributed by atoms with Crippen molar-refractivity contribution in [3.05, 3.63) is 0 Å². The molecule has 0 aromatic rings. The highest BCUT2D eigenvalue weighted by atomic mass is 16.5. The maximum absolute atomic E-state index is 13.0. The van der Waals surface area contributed by atoms with Gasteiger partial charge < -0.3 is 25.2 Å². The number of aliphatic hydroxyl groups excluding tert-OH is 4. The topological polar surface area (TPSA) is 107 Å². The van der Waals surface area contributed by atoms with E-state index in [1.807, 2.05) is 6.92 Å². The van der Waals surface area contributed by atoms with Crippen LogP contribution in [0.5, 0.6) is 0 Å². The van der Waals surface area contributed by atoms with Crippen LogP contribution in [0, 0.1) is 58.2 Å². The number of hydrogen-bond donors (Lipinski definition) is 4. The molecule has 6 nitrogen and oxygen atoms in total. The summed E-state index contributed by atoms with van der Waals surface area (Å²) >= 11 is 0. The van der Waals surface area contributed by atoms with Crippen LogP contribution in [0.2, 0.25) is 0 Å². The summed E-state index contributed by atoms with van der Waals surface area (Å²) < 4.78 is 5.86. The van der Waals surface area contributed by atoms with Crippen LogP contribution in [0.1, 0.15) is 80.1 Å². The third-order valence-electron chi connectivity index (χ3n) is 11.5. The highest BCUT2D eigenvalue weighted by molar-refractivity contribution is 5.74. The standard InChI is InChI=1S/C28H48O6/c1-14(2)15(3)24(31)25(32)16(4)18-7-8-19-17-13-34-26(33)21-11-22(29)23(30)12-28(21,6)20(17)9-10-27(18,19)5/h14-25,29-32H,7-13H2,1-6H3/t15-,16+,17+,18-,19+,20+,21?,22+,23-,24-,25-,27-,28-/m1/s1. The van der Waals surface area contributed by atoms with E-state index in [0.29, 0.717) is 30.8 Å². The molecule has 1 heterocycles. The Morgan fingerprint density at radius 2 is 1.56 bits per heavy atom. The lowest BCUT2D eigenvalue weighted by molar-refractivity contribution is -0.162. The van der Waals surface area contributed by atoms with Crippen LogP contribution in [-0.4, -0.2) is 57.4 Å². The normalized spacial score (nSPS) is 48.1. The first kappa shape index (κ1) is 26.4. The molecule has 4 aliphatic rings. The Morgan fingerprint density at radius 1 is 0.912 bits per heavy atom. The lowest BCUT2D eigenvalue weighted by Crippen LogP contribution is -2.55. The largest absolute Gasteiger partial charge is 0.465 e. The highest BCUT2D eigenvalue weighted by Crippen LogP contribution is 2.66. The fourth-order valence-electron chi connectivity index (χ4n) is 8.95. The van der Waals surface area contributed by atoms with E-state index in [1.165, 1.54) is 0 Å². The van der Waals surface area contributed by atoms with Crippen LogP contribution in [0.3, 0.4) is 0 Å². The number of hydrogen-bond acceptors (Lipinski definition) is 6. The van der Waals surface area contributed by atoms with Gasteiger partial charge in [0.05, 0.1) is 36.9 Å². The van der Waals surface area contributed by atoms with Crippen LogP contribution in [0.15, 0.2) is 0 Å². The van der Waals surface area contributed by atoms with Crippen molar-refractivity contribution in [2.75, 3.05) is 6.61 Å². The maximum atomic E-state index is 13.0. The smallest absolute Gasteiger partial charge is 0.309 e. The van der Waals surface area contributed by atoms with Gasteiger partial charge in [-0.2, -0.15) is 0 Å². The van der Waals surface area contributed by atoms with Crippen molar-refractivity contribution in [1.29, 1.82) is 0 Å². The zero-order chi connectivity index (χ0) is 25.2. The number of cyclic esters (lactones) is 1. The van der Waals surface area contributed by atoms with Gasteiger partial charge in [-0.1, -0.05) is 41.5 Å². The van der Waals surface area contributed by atoms with Crippen LogP contribution in [0.4, 0.5) is 0 Å². The van der Waals surface area contributed by atoms with Crippen molar-refractivity contribution < 1.29 is 30.0 Å². The summed E-state index contributed by atoms with van der Waals surface area (Å²) in [7, 11) is 0. The molecule has 0 bridgehead atoms. The minimum Gasteiger partial charge on any atom is -0.465 e. The van der Waals surface area contributed by atoms with Crippen LogP contribution < -0.4 is 0 Å². The van der Waals surface area contributed by atoms with Gasteiger partial charge in [0.15, 0.2) is 0 Å². The van der Waals surface area contributed by atoms with E-state index in [0.717, 1.165) is 25.7 Å². The van der Waals surface area contributed by atoms with Gasteiger partial charge in [-0.15, -0.1) is 0 Å². The molecule has 3 saturated carbocycles. The number of fused-ring (bicyclic) bond motifs is 5. The van der Waals surface area contributed by atoms with E-state index in [1.54, 1.807) is 0 Å². The van der Waals surface area contributed by atoms with Crippen molar-refractivity contribution in [2.24, 2.45) is 58.2 Å². The summed E-state index contributed by atoms with van der Waals surface area (Å²) in [4.78, 5) is 13.0. The van der Waals surface area contributed by atoms with Crippen molar-refractivity contribution >= 4 is 5.97 Å². The van der Waals surface area contributed by atoms with E-state index < -0.39 is 24.4 Å². The highest BCUT2D eigenvalue weighted by Gasteiger charge is 2.63. The van der Waals surface area contributed by atoms with Crippen LogP contribution >= 0.6 is 0 Å². The molecule has 0 radical (unpaired) electrons. The first-order valence-electron chi connectivity index (χ1n) is 13.7. The van der Waals surface area contributed by atoms with E-state index in [2.05, 4.69) is 34.6 Å². The predicted octanol–water partition coefficient (Wildman–Crippen LogP) is 3.39. The monoisotopic (exact) mass is 480 g/mol. The van der Waals surface area contributed by atoms with Gasteiger partial charge in [0, 0.05) is 0 Å². The Morgan fingerprint density at radius 3 is 2.21 bits per heavy atom. The summed E-state index contributed by atoms with van der Waals surface area (Å²) in [6.07, 6.45) is 1.61. The number of carbonyl (C=O) groups excluding carboxylic acids is 1. The molecule has 1 unspecified atom stereocenters. The van der Waals surface area contributed by atoms with Gasteiger partial charge >= 0.3 is 5.97 Å². The summed E-state index contributed by atoms with van der Waals surface area (Å²) in [5.41, 5.74) is -0.345. The van der Waals surface area contributed by atoms with Crippen LogP contribution in [-0.2, 0) is 9.53 Å². The molecule has 196 valence electrons. The van der Waals surface area contributed by atoms with Crippen LogP contribution in [0.25, 0.3) is 0 Å². The lowest BCUT2D eigenvalue weighted by atomic mass is 9.48. The third-order valence-corrected chi connectivity index (χ3v) is 11.5. The van der Waals surface area contributed by atoms with E-state index in [4.69, 9.17) is 4.74 Å². The van der Waals surface area contributed by atoms with Crippen molar-refractivity contribution in [2.45, 2.75) is 104 Å². The zero-order valence-corrected chi connectivity index (χ0v) is 22.0. The third kappa shape index (κ3) is 4.05. The SMILES string of the molecule is CC(C)[C@@H](C)[C@@H](O)[C@H](O)[C@@H](C)[C@H]1CC[C@H]2[C@@H]3COC(=O)C4C[C@H](O)[C@H](O)C[C@]4(C)[C@H]3CC[C@]12C. The Balaban J connectivity index is 1.58. The minimum absolute atomic E-state index is 0.00827. The maximum Gasteiger partial charge on any atom is 0.309 e. The van der Waals surface area contributed by atoms with Crippen molar-refractivity contribution in [1.82, 2.24) is 0 Å². The van der Waals surface area contributed by atoms with E-state index in [9.17, 15) is 25.2 Å². The zero-order valence-electron chi connectivity index (χ0n) is 22.0. The molecule has 1 aliphatic heterocycles. The van der Waals surface area contributed by atoms with Gasteiger partial charge in [0.1, 0.15) is 0 Å². The van der Waals surface area contributed by atoms with Crippen molar-refractivity contribution in [3.8, 4) is 0 Å². The molecular formula is C28H48O6. The molecular weight excluding hydrogens is 432 g/mol. The Labute approximate surface area is 205 Å². The second-order valence-corrected chi connectivity index (χ2v) is 13.3. The number of carbonyl (C=O) groups is 1. The first-order valence-corrected chi connectivity index (χ1v) is 13.7. The van der Waals surface area contributed by atoms with Gasteiger partial charge in [-0.05, 0) is 90.8 Å². The Kier molecular flexibility index (Phi) is 7.23. The summed E-state index contributed by atoms with van der Waals surface area (Å²) in [6, 6.07) is 0. The van der Waals surface area contributed by atoms with E-state index in [-0.39, 0.29) is 52.8 Å². The number of aliphatic hydroxyl groups is 4. The van der Waals surface area contributed by atoms with Gasteiger partial charge in [0.25, 0.3) is 0 Å².